The highest BCUT2D eigenvalue weighted by atomic mass is 79.9. The van der Waals surface area contributed by atoms with Gasteiger partial charge < -0.3 is 9.30 Å². The Balaban J connectivity index is 1.65. The van der Waals surface area contributed by atoms with E-state index in [-0.39, 0.29) is 5.75 Å². The monoisotopic (exact) mass is 537 g/mol. The first-order chi connectivity index (χ1) is 15.3. The lowest BCUT2D eigenvalue weighted by atomic mass is 10.2. The second-order valence-electron chi connectivity index (χ2n) is 7.81. The van der Waals surface area contributed by atoms with E-state index in [1.165, 1.54) is 17.3 Å². The first-order valence-corrected chi connectivity index (χ1v) is 14.0. The zero-order valence-corrected chi connectivity index (χ0v) is 21.7. The molecular formula is C23H28BrN3O3S2. The van der Waals surface area contributed by atoms with Gasteiger partial charge in [0.2, 0.25) is 0 Å². The molecule has 32 heavy (non-hydrogen) atoms. The Labute approximate surface area is 202 Å². The van der Waals surface area contributed by atoms with E-state index in [1.807, 2.05) is 16.7 Å². The van der Waals surface area contributed by atoms with Crippen molar-refractivity contribution in [2.45, 2.75) is 50.4 Å². The van der Waals surface area contributed by atoms with Gasteiger partial charge >= 0.3 is 0 Å². The molecule has 0 radical (unpaired) electrons. The number of aryl methyl sites for hydroxylation is 1. The molecule has 6 nitrogen and oxygen atoms in total. The molecule has 0 aliphatic carbocycles. The topological polar surface area (TPSA) is 74.1 Å². The summed E-state index contributed by atoms with van der Waals surface area (Å²) < 4.78 is 34.0. The number of benzene rings is 2. The van der Waals surface area contributed by atoms with Crippen molar-refractivity contribution < 1.29 is 13.2 Å². The van der Waals surface area contributed by atoms with Crippen LogP contribution in [-0.4, -0.2) is 34.7 Å². The van der Waals surface area contributed by atoms with Crippen molar-refractivity contribution in [2.24, 2.45) is 5.92 Å². The number of halogens is 1. The summed E-state index contributed by atoms with van der Waals surface area (Å²) >= 11 is 4.74. The molecule has 3 rings (SSSR count). The Morgan fingerprint density at radius 3 is 2.38 bits per heavy atom. The molecule has 1 aromatic heterocycles. The molecule has 0 fully saturated rings. The summed E-state index contributed by atoms with van der Waals surface area (Å²) in [4.78, 5) is 0.327. The zero-order valence-electron chi connectivity index (χ0n) is 18.5. The minimum absolute atomic E-state index is 0.0312. The van der Waals surface area contributed by atoms with Gasteiger partial charge in [0.1, 0.15) is 12.4 Å². The van der Waals surface area contributed by atoms with Crippen molar-refractivity contribution in [3.8, 4) is 5.75 Å². The van der Waals surface area contributed by atoms with E-state index < -0.39 is 9.84 Å². The lowest BCUT2D eigenvalue weighted by Gasteiger charge is -2.13. The molecule has 0 amide bonds. The smallest absolute Gasteiger partial charge is 0.191 e. The summed E-state index contributed by atoms with van der Waals surface area (Å²) in [6.07, 6.45) is 0.987. The van der Waals surface area contributed by atoms with Crippen LogP contribution in [0.3, 0.4) is 0 Å². The van der Waals surface area contributed by atoms with E-state index in [1.54, 1.807) is 24.3 Å². The average molecular weight is 539 g/mol. The van der Waals surface area contributed by atoms with Crippen molar-refractivity contribution >= 4 is 37.5 Å². The Morgan fingerprint density at radius 1 is 1.06 bits per heavy atom. The lowest BCUT2D eigenvalue weighted by molar-refractivity contribution is 0.284. The number of hydrogen-bond acceptors (Lipinski definition) is 6. The van der Waals surface area contributed by atoms with Gasteiger partial charge in [-0.15, -0.1) is 10.2 Å². The van der Waals surface area contributed by atoms with Crippen LogP contribution in [0.15, 0.2) is 63.1 Å². The van der Waals surface area contributed by atoms with E-state index in [2.05, 4.69) is 59.0 Å². The summed E-state index contributed by atoms with van der Waals surface area (Å²) in [6.45, 7) is 7.42. The summed E-state index contributed by atoms with van der Waals surface area (Å²) in [5, 5.41) is 9.33. The van der Waals surface area contributed by atoms with E-state index in [0.29, 0.717) is 28.3 Å². The Morgan fingerprint density at radius 2 is 1.75 bits per heavy atom. The molecule has 172 valence electrons. The van der Waals surface area contributed by atoms with Crippen molar-refractivity contribution in [1.29, 1.82) is 0 Å². The van der Waals surface area contributed by atoms with E-state index in [4.69, 9.17) is 4.74 Å². The van der Waals surface area contributed by atoms with Crippen LogP contribution >= 0.6 is 27.7 Å². The Hall–Kier alpha value is -1.84. The summed E-state index contributed by atoms with van der Waals surface area (Å²) in [5.41, 5.74) is 1.26. The quantitative estimate of drug-likeness (QED) is 0.304. The molecule has 0 bridgehead atoms. The van der Waals surface area contributed by atoms with Gasteiger partial charge in [0.05, 0.1) is 10.6 Å². The summed E-state index contributed by atoms with van der Waals surface area (Å²) in [6, 6.07) is 14.8. The van der Waals surface area contributed by atoms with Gasteiger partial charge in [-0.05, 0) is 54.3 Å². The molecule has 3 aromatic rings. The molecule has 0 spiro atoms. The van der Waals surface area contributed by atoms with Gasteiger partial charge in [-0.2, -0.15) is 0 Å². The first kappa shape index (κ1) is 24.8. The fourth-order valence-electron chi connectivity index (χ4n) is 3.05. The molecule has 0 atom stereocenters. The summed E-state index contributed by atoms with van der Waals surface area (Å²) in [7, 11) is -3.35. The van der Waals surface area contributed by atoms with Crippen molar-refractivity contribution in [1.82, 2.24) is 14.8 Å². The molecule has 2 aromatic carbocycles. The highest BCUT2D eigenvalue weighted by molar-refractivity contribution is 9.10. The largest absolute Gasteiger partial charge is 0.486 e. The number of sulfone groups is 1. The molecule has 0 unspecified atom stereocenters. The minimum Gasteiger partial charge on any atom is -0.486 e. The number of ether oxygens (including phenoxy) is 1. The van der Waals surface area contributed by atoms with Gasteiger partial charge in [0, 0.05) is 16.8 Å². The van der Waals surface area contributed by atoms with Crippen LogP contribution in [0, 0.1) is 5.92 Å². The maximum absolute atomic E-state index is 12.6. The molecule has 0 saturated carbocycles. The fraction of sp³-hybridized carbons (Fsp3) is 0.391. The number of nitrogens with zero attached hydrogens (tertiary/aromatic N) is 3. The molecule has 9 heteroatoms. The molecule has 0 N–H and O–H groups in total. The molecule has 1 heterocycles. The van der Waals surface area contributed by atoms with Gasteiger partial charge in [-0.25, -0.2) is 8.42 Å². The van der Waals surface area contributed by atoms with E-state index >= 15 is 0 Å². The second kappa shape index (κ2) is 11.3. The maximum atomic E-state index is 12.6. The number of hydrogen-bond donors (Lipinski definition) is 0. The normalized spacial score (nSPS) is 11.8. The van der Waals surface area contributed by atoms with Crippen molar-refractivity contribution in [3.05, 3.63) is 64.4 Å². The van der Waals surface area contributed by atoms with Gasteiger partial charge in [-0.3, -0.25) is 0 Å². The molecular weight excluding hydrogens is 510 g/mol. The van der Waals surface area contributed by atoms with E-state index in [0.717, 1.165) is 29.0 Å². The van der Waals surface area contributed by atoms with Crippen LogP contribution < -0.4 is 4.74 Å². The van der Waals surface area contributed by atoms with Gasteiger partial charge in [0.25, 0.3) is 0 Å². The second-order valence-corrected chi connectivity index (χ2v) is 11.9. The van der Waals surface area contributed by atoms with Gasteiger partial charge in [-0.1, -0.05) is 60.6 Å². The maximum Gasteiger partial charge on any atom is 0.191 e. The average Bonchev–Trinajstić information content (AvgIpc) is 3.13. The first-order valence-electron chi connectivity index (χ1n) is 10.5. The predicted octanol–water partition coefficient (Wildman–Crippen LogP) is 5.40. The third-order valence-electron chi connectivity index (χ3n) is 4.80. The molecule has 0 aliphatic rings. The standard InChI is InChI=1S/C23H28BrN3O3S2/c1-4-18-5-9-20(10-6-18)30-16-22-25-26-23(27(22)15-17(2)3)31-13-14-32(28,29)21-11-7-19(24)8-12-21/h5-12,17H,4,13-16H2,1-3H3. The van der Waals surface area contributed by atoms with Gasteiger partial charge in [0.15, 0.2) is 20.8 Å². The van der Waals surface area contributed by atoms with E-state index in [9.17, 15) is 8.42 Å². The highest BCUT2D eigenvalue weighted by Gasteiger charge is 2.18. The zero-order chi connectivity index (χ0) is 23.1. The Kier molecular flexibility index (Phi) is 8.79. The predicted molar refractivity (Wildman–Crippen MR) is 132 cm³/mol. The van der Waals surface area contributed by atoms with Crippen molar-refractivity contribution in [3.63, 3.8) is 0 Å². The number of rotatable bonds is 11. The highest BCUT2D eigenvalue weighted by Crippen LogP contribution is 2.23. The van der Waals surface area contributed by atoms with Crippen LogP contribution in [0.5, 0.6) is 5.75 Å². The fourth-order valence-corrected chi connectivity index (χ4v) is 5.93. The molecule has 0 saturated heterocycles. The lowest BCUT2D eigenvalue weighted by Crippen LogP contribution is -2.13. The van der Waals surface area contributed by atoms with Crippen LogP contribution in [0.2, 0.25) is 0 Å². The number of thioether (sulfide) groups is 1. The van der Waals surface area contributed by atoms with Crippen LogP contribution in [0.4, 0.5) is 0 Å². The third-order valence-corrected chi connectivity index (χ3v) is 8.28. The minimum atomic E-state index is -3.35. The van der Waals surface area contributed by atoms with Crippen molar-refractivity contribution in [2.75, 3.05) is 11.5 Å². The van der Waals surface area contributed by atoms with Crippen LogP contribution in [0.25, 0.3) is 0 Å². The number of aromatic nitrogens is 3. The molecule has 0 aliphatic heterocycles. The third kappa shape index (κ3) is 6.83. The SMILES string of the molecule is CCc1ccc(OCc2nnc(SCCS(=O)(=O)c3ccc(Br)cc3)n2CC(C)C)cc1. The summed E-state index contributed by atoms with van der Waals surface area (Å²) in [5.74, 6) is 2.34. The van der Waals surface area contributed by atoms with Crippen LogP contribution in [0.1, 0.15) is 32.2 Å². The Bertz CT molecular complexity index is 1110. The van der Waals surface area contributed by atoms with Crippen LogP contribution in [-0.2, 0) is 29.4 Å².